The molecule has 56 heavy (non-hydrogen) atoms. The van der Waals surface area contributed by atoms with Crippen molar-refractivity contribution in [3.8, 4) is 0 Å². The number of nitrogens with zero attached hydrogens (tertiary/aromatic N) is 6. The number of amides is 8. The molecule has 0 aromatic rings. The van der Waals surface area contributed by atoms with Crippen molar-refractivity contribution in [1.29, 1.82) is 0 Å². The SMILES string of the molecule is C.CC(C(=O)O)N(C)C(=O)N(C)C(=O)N(C)C.CC(C)COC(=O)C(C)O.CC(C)COC(=O)C(C)OC(=O)C(C)N(C)C(=O)N(C)C(=O)N(C)C.O=BPCl. The van der Waals surface area contributed by atoms with E-state index in [1.807, 2.05) is 27.7 Å². The summed E-state index contributed by atoms with van der Waals surface area (Å²) in [5.41, 5.74) is 0. The molecular weight excluding hydrogens is 782 g/mol. The first kappa shape index (κ1) is 61.1. The zero-order valence-corrected chi connectivity index (χ0v) is 36.6. The first-order chi connectivity index (χ1) is 25.0. The summed E-state index contributed by atoms with van der Waals surface area (Å²) in [6, 6.07) is -4.32. The number of imide groups is 2. The van der Waals surface area contributed by atoms with Gasteiger partial charge in [-0.25, -0.2) is 48.2 Å². The van der Waals surface area contributed by atoms with Gasteiger partial charge >= 0.3 is 78.6 Å². The number of urea groups is 4. The van der Waals surface area contributed by atoms with E-state index in [0.717, 1.165) is 19.6 Å². The van der Waals surface area contributed by atoms with Crippen molar-refractivity contribution in [3.05, 3.63) is 0 Å². The summed E-state index contributed by atoms with van der Waals surface area (Å²) in [6.45, 7) is 14.5. The van der Waals surface area contributed by atoms with Crippen LogP contribution in [0.4, 0.5) is 19.2 Å². The molecule has 20 nitrogen and oxygen atoms in total. The Morgan fingerprint density at radius 2 is 0.929 bits per heavy atom. The van der Waals surface area contributed by atoms with Gasteiger partial charge in [0.2, 0.25) is 0 Å². The minimum absolute atomic E-state index is 0. The molecule has 0 aliphatic heterocycles. The van der Waals surface area contributed by atoms with Crippen LogP contribution in [-0.2, 0) is 38.1 Å². The van der Waals surface area contributed by atoms with Crippen molar-refractivity contribution in [1.82, 2.24) is 29.4 Å². The third-order valence-corrected chi connectivity index (χ3v) is 6.86. The zero-order valence-electron chi connectivity index (χ0n) is 34.8. The van der Waals surface area contributed by atoms with Crippen molar-refractivity contribution in [2.45, 2.75) is 87.1 Å². The molecule has 2 N–H and O–H groups in total. The summed E-state index contributed by atoms with van der Waals surface area (Å²) in [4.78, 5) is 98.5. The molecule has 0 fully saturated rings. The molecule has 0 aromatic heterocycles. The average molecular weight is 847 g/mol. The maximum absolute atomic E-state index is 12.2. The first-order valence-electron chi connectivity index (χ1n) is 16.7. The van der Waals surface area contributed by atoms with Crippen LogP contribution in [0.25, 0.3) is 0 Å². The number of aliphatic hydroxyl groups excluding tert-OH is 1. The van der Waals surface area contributed by atoms with Crippen LogP contribution < -0.4 is 0 Å². The van der Waals surface area contributed by atoms with E-state index in [0.29, 0.717) is 19.4 Å². The number of carboxylic acid groups (broad SMARTS) is 1. The Kier molecular flexibility index (Phi) is 35.0. The van der Waals surface area contributed by atoms with Crippen molar-refractivity contribution in [2.75, 3.05) is 69.6 Å². The zero-order chi connectivity index (χ0) is 44.5. The quantitative estimate of drug-likeness (QED) is 0.124. The number of likely N-dealkylation sites (N-methyl/N-ethyl adjacent to an activating group) is 2. The van der Waals surface area contributed by atoms with Gasteiger partial charge in [-0.05, 0) is 39.5 Å². The van der Waals surface area contributed by atoms with Crippen LogP contribution in [0.15, 0.2) is 0 Å². The molecule has 0 aliphatic rings. The molecule has 0 saturated carbocycles. The van der Waals surface area contributed by atoms with Gasteiger partial charge in [-0.3, -0.25) is 0 Å². The number of aliphatic carboxylic acids is 1. The van der Waals surface area contributed by atoms with Gasteiger partial charge < -0.3 is 44.0 Å². The number of halogens is 1. The number of rotatable bonds is 12. The Hall–Kier alpha value is -4.10. The third-order valence-electron chi connectivity index (χ3n) is 6.51. The van der Waals surface area contributed by atoms with Crippen LogP contribution in [-0.4, -0.2) is 188 Å². The monoisotopic (exact) mass is 846 g/mol. The van der Waals surface area contributed by atoms with Gasteiger partial charge in [-0.15, -0.1) is 0 Å². The summed E-state index contributed by atoms with van der Waals surface area (Å²) in [6.07, 6.45) is -2.09. The molecule has 0 aromatic carbocycles. The van der Waals surface area contributed by atoms with Gasteiger partial charge in [0.25, 0.3) is 0 Å². The molecular formula is C33H65BClN6O14P. The van der Waals surface area contributed by atoms with Crippen molar-refractivity contribution in [2.24, 2.45) is 11.8 Å². The second kappa shape index (κ2) is 32.0. The minimum atomic E-state index is -1.12. The first-order valence-corrected chi connectivity index (χ1v) is 18.8. The number of esters is 3. The number of hydrogen-bond donors (Lipinski definition) is 2. The molecule has 8 amide bonds. The number of carboxylic acids is 1. The molecule has 326 valence electrons. The van der Waals surface area contributed by atoms with Crippen LogP contribution >= 0.6 is 19.1 Å². The van der Waals surface area contributed by atoms with E-state index in [2.05, 4.69) is 4.74 Å². The molecule has 23 heteroatoms. The number of ether oxygens (including phenoxy) is 3. The standard InChI is InChI=1S/C16H29N3O6.C9H17N3O4.C7H14O3.CH4.BClHOP/c1-10(2)9-24-14(21)12(4)25-13(20)11(3)18(7)16(23)19(8)15(22)17(5)6;1-6(7(13)14)11(4)9(16)12(5)8(15)10(2)3;1-5(2)4-10-7(9)6(3)8;;2-4-1-3/h10-12H,9H2,1-8H3;6H,1-5H3,(H,13,14);5-6,8H,4H2,1-3H3;1H4;4H. The molecule has 0 saturated heterocycles. The Bertz CT molecular complexity index is 1260. The summed E-state index contributed by atoms with van der Waals surface area (Å²) < 4.78 is 23.8. The van der Waals surface area contributed by atoms with Crippen molar-refractivity contribution in [3.63, 3.8) is 0 Å². The number of hydrogen-bond acceptors (Lipinski definition) is 13. The average Bonchev–Trinajstić information content (AvgIpc) is 3.12. The second-order valence-corrected chi connectivity index (χ2v) is 14.1. The molecule has 0 aliphatic carbocycles. The van der Waals surface area contributed by atoms with E-state index < -0.39 is 72.3 Å². The van der Waals surface area contributed by atoms with Gasteiger partial charge in [0.1, 0.15) is 18.2 Å². The molecule has 0 radical (unpaired) electrons. The van der Waals surface area contributed by atoms with Gasteiger partial charge in [-0.1, -0.05) is 35.1 Å². The number of carbonyl (C=O) groups is 8. The van der Waals surface area contributed by atoms with Gasteiger partial charge in [0.15, 0.2) is 6.10 Å². The van der Waals surface area contributed by atoms with Crippen LogP contribution in [0, 0.1) is 11.8 Å². The molecule has 5 unspecified atom stereocenters. The Morgan fingerprint density at radius 1 is 0.607 bits per heavy atom. The van der Waals surface area contributed by atoms with E-state index in [1.54, 1.807) is 0 Å². The Balaban J connectivity index is -0.000000238. The fourth-order valence-corrected chi connectivity index (χ4v) is 2.95. The Labute approximate surface area is 338 Å². The van der Waals surface area contributed by atoms with E-state index in [9.17, 15) is 38.4 Å². The fourth-order valence-electron chi connectivity index (χ4n) is 2.95. The molecule has 0 spiro atoms. The van der Waals surface area contributed by atoms with E-state index >= 15 is 0 Å². The van der Waals surface area contributed by atoms with Crippen molar-refractivity contribution < 1.29 is 67.5 Å². The van der Waals surface area contributed by atoms with Crippen LogP contribution in [0.5, 0.6) is 0 Å². The predicted molar refractivity (Wildman–Crippen MR) is 213 cm³/mol. The predicted octanol–water partition coefficient (Wildman–Crippen LogP) is 3.28. The summed E-state index contributed by atoms with van der Waals surface area (Å²) in [5.74, 6) is -2.60. The Morgan fingerprint density at radius 3 is 1.20 bits per heavy atom. The van der Waals surface area contributed by atoms with E-state index in [1.165, 1.54) is 93.9 Å². The summed E-state index contributed by atoms with van der Waals surface area (Å²) in [7, 11) is 11.3. The van der Waals surface area contributed by atoms with E-state index in [4.69, 9.17) is 35.6 Å². The van der Waals surface area contributed by atoms with Crippen LogP contribution in [0.3, 0.4) is 0 Å². The van der Waals surface area contributed by atoms with Crippen molar-refractivity contribution >= 4 is 73.9 Å². The second-order valence-electron chi connectivity index (χ2n) is 13.0. The third kappa shape index (κ3) is 26.7. The molecule has 0 rings (SSSR count). The summed E-state index contributed by atoms with van der Waals surface area (Å²) in [5, 5.41) is 17.4. The van der Waals surface area contributed by atoms with Crippen LogP contribution in [0.2, 0.25) is 0 Å². The molecule has 0 heterocycles. The topological polar surface area (TPSA) is 241 Å². The van der Waals surface area contributed by atoms with Gasteiger partial charge in [0.05, 0.1) is 13.2 Å². The summed E-state index contributed by atoms with van der Waals surface area (Å²) >= 11 is 4.85. The fraction of sp³-hybridized carbons (Fsp3) is 0.758. The van der Waals surface area contributed by atoms with Crippen LogP contribution in [0.1, 0.15) is 62.8 Å². The number of carbonyl (C=O) groups excluding carboxylic acids is 7. The molecule has 0 bridgehead atoms. The number of aliphatic hydroxyl groups is 1. The van der Waals surface area contributed by atoms with Gasteiger partial charge in [-0.2, -0.15) is 0 Å². The maximum atomic E-state index is 12.2. The van der Waals surface area contributed by atoms with Gasteiger partial charge in [0, 0.05) is 56.4 Å². The normalized spacial score (nSPS) is 12.0. The van der Waals surface area contributed by atoms with E-state index in [-0.39, 0.29) is 27.8 Å². The molecule has 5 atom stereocenters.